The number of alkyl halides is 4. The molecular formula is C15H20ClF3N2O4. The van der Waals surface area contributed by atoms with Crippen molar-refractivity contribution in [3.63, 3.8) is 0 Å². The van der Waals surface area contributed by atoms with Gasteiger partial charge in [-0.1, -0.05) is 25.4 Å². The van der Waals surface area contributed by atoms with E-state index in [0.717, 1.165) is 29.2 Å². The highest BCUT2D eigenvalue weighted by Crippen LogP contribution is 2.30. The molecule has 10 heteroatoms. The number of rotatable bonds is 4. The fourth-order valence-electron chi connectivity index (χ4n) is 1.41. The molecule has 0 aromatic heterocycles. The third-order valence-electron chi connectivity index (χ3n) is 3.06. The van der Waals surface area contributed by atoms with Gasteiger partial charge in [0.1, 0.15) is 6.04 Å². The Morgan fingerprint density at radius 2 is 1.76 bits per heavy atom. The van der Waals surface area contributed by atoms with Gasteiger partial charge in [-0.2, -0.15) is 13.2 Å². The number of anilines is 1. The van der Waals surface area contributed by atoms with E-state index in [4.69, 9.17) is 22.4 Å². The first-order chi connectivity index (χ1) is 11.4. The molecule has 0 heterocycles. The van der Waals surface area contributed by atoms with Crippen molar-refractivity contribution in [1.82, 2.24) is 0 Å². The molecule has 6 nitrogen and oxygen atoms in total. The molecule has 0 fully saturated rings. The second-order valence-corrected chi connectivity index (χ2v) is 5.45. The molecule has 0 unspecified atom stereocenters. The summed E-state index contributed by atoms with van der Waals surface area (Å²) >= 11 is 5.15. The molecule has 0 saturated heterocycles. The van der Waals surface area contributed by atoms with Crippen LogP contribution in [0.2, 0.25) is 0 Å². The highest BCUT2D eigenvalue weighted by Gasteiger charge is 2.30. The van der Waals surface area contributed by atoms with Gasteiger partial charge in [0.05, 0.1) is 5.56 Å². The van der Waals surface area contributed by atoms with Gasteiger partial charge in [0.2, 0.25) is 0 Å². The van der Waals surface area contributed by atoms with Crippen LogP contribution in [0.5, 0.6) is 0 Å². The van der Waals surface area contributed by atoms with Gasteiger partial charge in [-0.05, 0) is 30.2 Å². The highest BCUT2D eigenvalue weighted by molar-refractivity contribution is 6.17. The number of hydrogen-bond donors (Lipinski definition) is 2. The van der Waals surface area contributed by atoms with Crippen LogP contribution in [0.3, 0.4) is 0 Å². The lowest BCUT2D eigenvalue weighted by atomic mass is 10.1. The molecule has 142 valence electrons. The Bertz CT molecular complexity index is 565. The summed E-state index contributed by atoms with van der Waals surface area (Å²) in [6.07, 6.45) is -5.63. The van der Waals surface area contributed by atoms with Gasteiger partial charge in [0, 0.05) is 12.7 Å². The van der Waals surface area contributed by atoms with Crippen LogP contribution < -0.4 is 10.6 Å². The van der Waals surface area contributed by atoms with E-state index in [9.17, 15) is 22.8 Å². The van der Waals surface area contributed by atoms with Gasteiger partial charge in [-0.15, -0.1) is 0 Å². The number of benzene rings is 1. The van der Waals surface area contributed by atoms with Crippen molar-refractivity contribution in [1.29, 1.82) is 0 Å². The maximum Gasteiger partial charge on any atom is 0.416 e. The van der Waals surface area contributed by atoms with E-state index in [1.165, 1.54) is 7.05 Å². The summed E-state index contributed by atoms with van der Waals surface area (Å²) in [5.74, 6) is -0.347. The van der Waals surface area contributed by atoms with Crippen LogP contribution in [0, 0.1) is 5.92 Å². The van der Waals surface area contributed by atoms with E-state index < -0.39 is 29.8 Å². The molecule has 0 aliphatic carbocycles. The fourth-order valence-corrected chi connectivity index (χ4v) is 1.51. The largest absolute Gasteiger partial charge is 0.465 e. The molecule has 1 aromatic carbocycles. The number of amides is 1. The topological polar surface area (TPSA) is 92.9 Å². The van der Waals surface area contributed by atoms with E-state index in [1.54, 1.807) is 0 Å². The Kier molecular flexibility index (Phi) is 9.29. The average Bonchev–Trinajstić information content (AvgIpc) is 2.53. The lowest BCUT2D eigenvalue weighted by Crippen LogP contribution is -2.36. The Morgan fingerprint density at radius 1 is 1.28 bits per heavy atom. The SMILES string of the molecule is CC(C)[C@H](N)C(=O)OCCl.CN(C(=O)O)c1ccc(C(F)(F)F)cc1. The van der Waals surface area contributed by atoms with Crippen LogP contribution in [0.4, 0.5) is 23.7 Å². The number of carboxylic acid groups (broad SMARTS) is 1. The van der Waals surface area contributed by atoms with Crippen LogP contribution in [0.25, 0.3) is 0 Å². The molecule has 1 atom stereocenters. The first-order valence-electron chi connectivity index (χ1n) is 7.03. The number of hydrogen-bond acceptors (Lipinski definition) is 4. The van der Waals surface area contributed by atoms with Crippen LogP contribution in [0.1, 0.15) is 19.4 Å². The standard InChI is InChI=1S/C9H8F3NO2.C6H12ClNO2/c1-13(8(14)15)7-4-2-6(3-5-7)9(10,11)12;1-4(2)5(8)6(9)10-3-7/h2-5H,1H3,(H,14,15);4-5H,3,8H2,1-2H3/t;5-/m.0/s1. The minimum absolute atomic E-state index is 0.0933. The average molecular weight is 385 g/mol. The molecule has 0 radical (unpaired) electrons. The number of ether oxygens (including phenoxy) is 1. The molecule has 0 bridgehead atoms. The summed E-state index contributed by atoms with van der Waals surface area (Å²) < 4.78 is 40.9. The number of halogens is 4. The van der Waals surface area contributed by atoms with Crippen molar-refractivity contribution in [3.05, 3.63) is 29.8 Å². The predicted octanol–water partition coefficient (Wildman–Crippen LogP) is 3.53. The summed E-state index contributed by atoms with van der Waals surface area (Å²) in [7, 11) is 1.25. The Balaban J connectivity index is 0.000000504. The Hall–Kier alpha value is -2.00. The number of nitrogens with zero attached hydrogens (tertiary/aromatic N) is 1. The zero-order valence-corrected chi connectivity index (χ0v) is 14.6. The second kappa shape index (κ2) is 10.1. The van der Waals surface area contributed by atoms with E-state index in [2.05, 4.69) is 4.74 Å². The van der Waals surface area contributed by atoms with Gasteiger partial charge < -0.3 is 15.6 Å². The lowest BCUT2D eigenvalue weighted by molar-refractivity contribution is -0.144. The molecule has 25 heavy (non-hydrogen) atoms. The van der Waals surface area contributed by atoms with Crippen LogP contribution in [-0.2, 0) is 15.7 Å². The monoisotopic (exact) mass is 384 g/mol. The summed E-state index contributed by atoms with van der Waals surface area (Å²) in [5.41, 5.74) is 4.80. The lowest BCUT2D eigenvalue weighted by Gasteiger charge is -2.14. The number of carbonyl (C=O) groups is 2. The third kappa shape index (κ3) is 8.08. The van der Waals surface area contributed by atoms with Crippen molar-refractivity contribution in [3.8, 4) is 0 Å². The molecule has 0 spiro atoms. The van der Waals surface area contributed by atoms with Crippen molar-refractivity contribution in [2.24, 2.45) is 11.7 Å². The Morgan fingerprint density at radius 3 is 2.08 bits per heavy atom. The molecule has 0 aliphatic heterocycles. The normalized spacial score (nSPS) is 12.0. The molecule has 0 aliphatic rings. The van der Waals surface area contributed by atoms with Crippen LogP contribution in [-0.4, -0.2) is 36.3 Å². The fraction of sp³-hybridized carbons (Fsp3) is 0.467. The minimum Gasteiger partial charge on any atom is -0.465 e. The highest BCUT2D eigenvalue weighted by atomic mass is 35.5. The zero-order valence-electron chi connectivity index (χ0n) is 13.9. The maximum atomic E-state index is 12.1. The summed E-state index contributed by atoms with van der Waals surface area (Å²) in [6.45, 7) is 3.69. The smallest absolute Gasteiger partial charge is 0.416 e. The first kappa shape index (κ1) is 23.0. The van der Waals surface area contributed by atoms with Crippen molar-refractivity contribution in [2.45, 2.75) is 26.1 Å². The van der Waals surface area contributed by atoms with Gasteiger partial charge in [0.25, 0.3) is 0 Å². The van der Waals surface area contributed by atoms with Crippen LogP contribution in [0.15, 0.2) is 24.3 Å². The molecule has 1 aromatic rings. The molecule has 3 N–H and O–H groups in total. The molecule has 1 rings (SSSR count). The predicted molar refractivity (Wildman–Crippen MR) is 87.5 cm³/mol. The summed E-state index contributed by atoms with van der Waals surface area (Å²) in [5, 5.41) is 8.57. The first-order valence-corrected chi connectivity index (χ1v) is 7.57. The molecule has 1 amide bonds. The zero-order chi connectivity index (χ0) is 19.8. The van der Waals surface area contributed by atoms with Crippen molar-refractivity contribution >= 4 is 29.4 Å². The van der Waals surface area contributed by atoms with Crippen molar-refractivity contribution < 1.29 is 32.6 Å². The Labute approximate surface area is 148 Å². The number of carbonyl (C=O) groups excluding carboxylic acids is 1. The van der Waals surface area contributed by atoms with E-state index in [1.807, 2.05) is 13.8 Å². The maximum absolute atomic E-state index is 12.1. The van der Waals surface area contributed by atoms with E-state index >= 15 is 0 Å². The van der Waals surface area contributed by atoms with E-state index in [0.29, 0.717) is 0 Å². The second-order valence-electron chi connectivity index (χ2n) is 5.23. The number of nitrogens with two attached hydrogens (primary N) is 1. The minimum atomic E-state index is -4.40. The summed E-state index contributed by atoms with van der Waals surface area (Å²) in [4.78, 5) is 22.1. The summed E-state index contributed by atoms with van der Waals surface area (Å²) in [6, 6.07) is 3.22. The molecular weight excluding hydrogens is 365 g/mol. The quantitative estimate of drug-likeness (QED) is 0.612. The van der Waals surface area contributed by atoms with Gasteiger partial charge in [-0.3, -0.25) is 9.69 Å². The van der Waals surface area contributed by atoms with E-state index in [-0.39, 0.29) is 17.7 Å². The van der Waals surface area contributed by atoms with Gasteiger partial charge in [-0.25, -0.2) is 4.79 Å². The third-order valence-corrected chi connectivity index (χ3v) is 3.17. The van der Waals surface area contributed by atoms with Gasteiger partial charge >= 0.3 is 18.2 Å². The van der Waals surface area contributed by atoms with Gasteiger partial charge in [0.15, 0.2) is 6.07 Å². The van der Waals surface area contributed by atoms with Crippen molar-refractivity contribution in [2.75, 3.05) is 18.0 Å². The number of esters is 1. The molecule has 0 saturated carbocycles. The van der Waals surface area contributed by atoms with Crippen LogP contribution >= 0.6 is 11.6 Å².